The van der Waals surface area contributed by atoms with E-state index < -0.39 is 0 Å². The van der Waals surface area contributed by atoms with Crippen molar-refractivity contribution in [1.82, 2.24) is 0 Å². The van der Waals surface area contributed by atoms with Gasteiger partial charge in [0.1, 0.15) is 17.3 Å². The van der Waals surface area contributed by atoms with Crippen LogP contribution in [0, 0.1) is 6.92 Å². The smallest absolute Gasteiger partial charge is 0.130 e. The fraction of sp³-hybridized carbons (Fsp3) is 0.364. The van der Waals surface area contributed by atoms with Gasteiger partial charge in [-0.3, -0.25) is 0 Å². The van der Waals surface area contributed by atoms with Crippen LogP contribution in [-0.2, 0) is 22.4 Å². The molecule has 0 aliphatic rings. The van der Waals surface area contributed by atoms with Crippen molar-refractivity contribution in [1.29, 1.82) is 0 Å². The van der Waals surface area contributed by atoms with E-state index in [1.807, 2.05) is 24.3 Å². The molecule has 0 spiro atoms. The van der Waals surface area contributed by atoms with Crippen molar-refractivity contribution in [3.8, 4) is 5.75 Å². The number of ketones is 2. The average Bonchev–Trinajstić information content (AvgIpc) is 2.60. The fourth-order valence-corrected chi connectivity index (χ4v) is 2.19. The van der Waals surface area contributed by atoms with E-state index in [1.54, 1.807) is 21.0 Å². The summed E-state index contributed by atoms with van der Waals surface area (Å²) in [7, 11) is 1.64. The van der Waals surface area contributed by atoms with Gasteiger partial charge in [0, 0.05) is 12.8 Å². The van der Waals surface area contributed by atoms with Crippen LogP contribution >= 0.6 is 0 Å². The lowest BCUT2D eigenvalue weighted by Crippen LogP contribution is -1.93. The van der Waals surface area contributed by atoms with Crippen LogP contribution in [0.4, 0.5) is 0 Å². The van der Waals surface area contributed by atoms with Crippen molar-refractivity contribution >= 4 is 11.6 Å². The molecule has 0 aliphatic heterocycles. The number of ether oxygens (including phenoxy) is 1. The number of carbonyl (C=O) groups excluding carboxylic acids is 2. The number of benzene rings is 2. The van der Waals surface area contributed by atoms with E-state index in [4.69, 9.17) is 4.74 Å². The number of hydrogen-bond donors (Lipinski definition) is 0. The Balaban J connectivity index is 0.000000251. The minimum atomic E-state index is 0.232. The van der Waals surface area contributed by atoms with E-state index in [0.29, 0.717) is 12.8 Å². The second-order valence-corrected chi connectivity index (χ2v) is 6.24. The van der Waals surface area contributed by atoms with E-state index in [9.17, 15) is 9.59 Å². The molecule has 0 aromatic heterocycles. The molecule has 0 bridgehead atoms. The van der Waals surface area contributed by atoms with Gasteiger partial charge in [-0.1, -0.05) is 42.0 Å². The highest BCUT2D eigenvalue weighted by molar-refractivity contribution is 5.76. The van der Waals surface area contributed by atoms with Crippen LogP contribution in [0.5, 0.6) is 5.75 Å². The summed E-state index contributed by atoms with van der Waals surface area (Å²) >= 11 is 0. The standard InChI is InChI=1S/C11H14O2.C11H14O/c1-9(12)3-4-10-5-7-11(13-2)8-6-10;1-9-3-6-11(7-4-9)8-5-10(2)12/h5-8H,3-4H2,1-2H3;3-4,6-7H,5,8H2,1-2H3. The lowest BCUT2D eigenvalue weighted by Gasteiger charge is -2.01. The van der Waals surface area contributed by atoms with E-state index >= 15 is 0 Å². The topological polar surface area (TPSA) is 43.4 Å². The van der Waals surface area contributed by atoms with Gasteiger partial charge >= 0.3 is 0 Å². The Morgan fingerprint density at radius 1 is 0.760 bits per heavy atom. The zero-order valence-electron chi connectivity index (χ0n) is 15.7. The molecule has 3 heteroatoms. The van der Waals surface area contributed by atoms with Crippen molar-refractivity contribution < 1.29 is 14.3 Å². The number of methoxy groups -OCH3 is 1. The number of hydrogen-bond acceptors (Lipinski definition) is 3. The van der Waals surface area contributed by atoms with Crippen LogP contribution in [0.2, 0.25) is 0 Å². The molecule has 0 aliphatic carbocycles. The monoisotopic (exact) mass is 340 g/mol. The lowest BCUT2D eigenvalue weighted by molar-refractivity contribution is -0.117. The van der Waals surface area contributed by atoms with Crippen molar-refractivity contribution in [3.05, 3.63) is 65.2 Å². The van der Waals surface area contributed by atoms with Crippen LogP contribution in [-0.4, -0.2) is 18.7 Å². The van der Waals surface area contributed by atoms with Gasteiger partial charge in [0.25, 0.3) is 0 Å². The average molecular weight is 340 g/mol. The van der Waals surface area contributed by atoms with Crippen LogP contribution in [0.25, 0.3) is 0 Å². The molecule has 134 valence electrons. The molecule has 0 atom stereocenters. The SMILES string of the molecule is CC(=O)CCc1ccc(C)cc1.COc1ccc(CCC(C)=O)cc1. The van der Waals surface area contributed by atoms with Crippen LogP contribution in [0.15, 0.2) is 48.5 Å². The van der Waals surface area contributed by atoms with Crippen molar-refractivity contribution in [2.45, 2.75) is 46.5 Å². The quantitative estimate of drug-likeness (QED) is 0.731. The molecule has 25 heavy (non-hydrogen) atoms. The molecule has 0 saturated heterocycles. The zero-order valence-corrected chi connectivity index (χ0v) is 15.7. The van der Waals surface area contributed by atoms with Gasteiger partial charge in [-0.2, -0.15) is 0 Å². The molecular weight excluding hydrogens is 312 g/mol. The third kappa shape index (κ3) is 9.46. The summed E-state index contributed by atoms with van der Waals surface area (Å²) in [4.78, 5) is 21.4. The summed E-state index contributed by atoms with van der Waals surface area (Å²) in [5.41, 5.74) is 3.69. The summed E-state index contributed by atoms with van der Waals surface area (Å²) in [5.74, 6) is 1.35. The van der Waals surface area contributed by atoms with Crippen molar-refractivity contribution in [2.75, 3.05) is 7.11 Å². The molecule has 0 N–H and O–H groups in total. The second kappa shape index (κ2) is 11.2. The molecule has 0 unspecified atom stereocenters. The van der Waals surface area contributed by atoms with Crippen LogP contribution in [0.1, 0.15) is 43.4 Å². The van der Waals surface area contributed by atoms with Gasteiger partial charge in [0.05, 0.1) is 7.11 Å². The fourth-order valence-electron chi connectivity index (χ4n) is 2.19. The predicted molar refractivity (Wildman–Crippen MR) is 102 cm³/mol. The van der Waals surface area contributed by atoms with E-state index in [0.717, 1.165) is 18.6 Å². The molecule has 0 heterocycles. The summed E-state index contributed by atoms with van der Waals surface area (Å²) in [6.07, 6.45) is 2.96. The number of rotatable bonds is 7. The molecular formula is C22H28O3. The highest BCUT2D eigenvalue weighted by Gasteiger charge is 1.97. The lowest BCUT2D eigenvalue weighted by atomic mass is 10.1. The van der Waals surface area contributed by atoms with E-state index in [-0.39, 0.29) is 11.6 Å². The summed E-state index contributed by atoms with van der Waals surface area (Å²) < 4.78 is 5.03. The van der Waals surface area contributed by atoms with Gasteiger partial charge in [-0.25, -0.2) is 0 Å². The molecule has 0 fully saturated rings. The van der Waals surface area contributed by atoms with Gasteiger partial charge in [0.2, 0.25) is 0 Å². The minimum Gasteiger partial charge on any atom is -0.497 e. The molecule has 0 amide bonds. The number of Topliss-reactive ketones (excluding diaryl/α,β-unsaturated/α-hetero) is 2. The zero-order chi connectivity index (χ0) is 18.7. The second-order valence-electron chi connectivity index (χ2n) is 6.24. The first-order valence-corrected chi connectivity index (χ1v) is 8.58. The maximum atomic E-state index is 10.7. The van der Waals surface area contributed by atoms with Gasteiger partial charge < -0.3 is 14.3 Å². The summed E-state index contributed by atoms with van der Waals surface area (Å²) in [6.45, 7) is 5.31. The van der Waals surface area contributed by atoms with Crippen molar-refractivity contribution in [3.63, 3.8) is 0 Å². The Labute approximate surface area is 151 Å². The molecule has 2 rings (SSSR count). The third-order valence-electron chi connectivity index (χ3n) is 3.81. The first-order chi connectivity index (χ1) is 11.9. The van der Waals surface area contributed by atoms with E-state index in [1.165, 1.54) is 16.7 Å². The highest BCUT2D eigenvalue weighted by Crippen LogP contribution is 2.12. The Morgan fingerprint density at radius 3 is 1.52 bits per heavy atom. The Hall–Kier alpha value is -2.42. The van der Waals surface area contributed by atoms with Gasteiger partial charge in [0.15, 0.2) is 0 Å². The maximum absolute atomic E-state index is 10.7. The molecule has 0 radical (unpaired) electrons. The van der Waals surface area contributed by atoms with Crippen LogP contribution in [0.3, 0.4) is 0 Å². The molecule has 2 aromatic rings. The number of aryl methyl sites for hydroxylation is 3. The third-order valence-corrected chi connectivity index (χ3v) is 3.81. The molecule has 2 aromatic carbocycles. The van der Waals surface area contributed by atoms with Gasteiger partial charge in [-0.15, -0.1) is 0 Å². The Bertz CT molecular complexity index is 655. The summed E-state index contributed by atoms with van der Waals surface area (Å²) in [6, 6.07) is 16.1. The molecule has 0 saturated carbocycles. The van der Waals surface area contributed by atoms with Crippen molar-refractivity contribution in [2.24, 2.45) is 0 Å². The number of carbonyl (C=O) groups is 2. The predicted octanol–water partition coefficient (Wildman–Crippen LogP) is 4.73. The Kier molecular flexibility index (Phi) is 9.23. The first kappa shape index (κ1) is 20.6. The summed E-state index contributed by atoms with van der Waals surface area (Å²) in [5, 5.41) is 0. The molecule has 3 nitrogen and oxygen atoms in total. The minimum absolute atomic E-state index is 0.232. The Morgan fingerprint density at radius 2 is 1.16 bits per heavy atom. The van der Waals surface area contributed by atoms with E-state index in [2.05, 4.69) is 31.2 Å². The largest absolute Gasteiger partial charge is 0.497 e. The van der Waals surface area contributed by atoms with Gasteiger partial charge in [-0.05, 0) is 56.9 Å². The maximum Gasteiger partial charge on any atom is 0.130 e. The normalized spacial score (nSPS) is 9.76. The van der Waals surface area contributed by atoms with Crippen LogP contribution < -0.4 is 4.74 Å². The highest BCUT2D eigenvalue weighted by atomic mass is 16.5. The first-order valence-electron chi connectivity index (χ1n) is 8.58.